The van der Waals surface area contributed by atoms with Gasteiger partial charge in [-0.05, 0) is 60.1 Å². The first-order valence-corrected chi connectivity index (χ1v) is 14.4. The maximum Gasteiger partial charge on any atom is 0.337 e. The molecule has 7 heteroatoms. The number of methoxy groups -OCH3 is 1. The van der Waals surface area contributed by atoms with Gasteiger partial charge >= 0.3 is 5.97 Å². The fourth-order valence-electron chi connectivity index (χ4n) is 4.60. The van der Waals surface area contributed by atoms with E-state index < -0.39 is 29.1 Å². The third-order valence-corrected chi connectivity index (χ3v) is 8.14. The van der Waals surface area contributed by atoms with E-state index in [2.05, 4.69) is 29.0 Å². The Morgan fingerprint density at radius 3 is 2.18 bits per heavy atom. The molecule has 208 valence electrons. The van der Waals surface area contributed by atoms with E-state index in [0.717, 1.165) is 55.5 Å². The van der Waals surface area contributed by atoms with Crippen LogP contribution in [0.5, 0.6) is 0 Å². The lowest BCUT2D eigenvalue weighted by Gasteiger charge is -2.26. The zero-order chi connectivity index (χ0) is 28.0. The molecule has 39 heavy (non-hydrogen) atoms. The van der Waals surface area contributed by atoms with Gasteiger partial charge in [-0.25, -0.2) is 9.18 Å². The Balaban J connectivity index is 1.55. The monoisotopic (exact) mass is 551 g/mol. The van der Waals surface area contributed by atoms with E-state index in [1.807, 2.05) is 30.3 Å². The van der Waals surface area contributed by atoms with Crippen LogP contribution in [0.1, 0.15) is 76.4 Å². The zero-order valence-electron chi connectivity index (χ0n) is 22.3. The van der Waals surface area contributed by atoms with Crippen LogP contribution < -0.4 is 5.11 Å². The number of halogens is 1. The first-order chi connectivity index (χ1) is 18.9. The lowest BCUT2D eigenvalue weighted by atomic mass is 9.96. The fraction of sp³-hybridized carbons (Fsp3) is 0.375. The van der Waals surface area contributed by atoms with Gasteiger partial charge in [-0.2, -0.15) is 0 Å². The summed E-state index contributed by atoms with van der Waals surface area (Å²) in [6.45, 7) is 0. The average Bonchev–Trinajstić information content (AvgIpc) is 2.95. The number of aryl methyl sites for hydroxylation is 2. The zero-order valence-corrected chi connectivity index (χ0v) is 23.1. The van der Waals surface area contributed by atoms with Crippen LogP contribution in [0.15, 0.2) is 72.8 Å². The summed E-state index contributed by atoms with van der Waals surface area (Å²) in [5.74, 6) is -2.69. The number of carboxylic acid groups (broad SMARTS) is 1. The van der Waals surface area contributed by atoms with Gasteiger partial charge in [-0.3, -0.25) is 0 Å². The number of aliphatic hydroxyl groups excluding tert-OH is 1. The van der Waals surface area contributed by atoms with Crippen LogP contribution in [0.25, 0.3) is 0 Å². The van der Waals surface area contributed by atoms with Gasteiger partial charge in [-0.1, -0.05) is 86.3 Å². The first-order valence-electron chi connectivity index (χ1n) is 13.4. The van der Waals surface area contributed by atoms with Gasteiger partial charge in [0.25, 0.3) is 0 Å². The molecule has 5 nitrogen and oxygen atoms in total. The predicted molar refractivity (Wildman–Crippen MR) is 151 cm³/mol. The highest BCUT2D eigenvalue weighted by Gasteiger charge is 2.25. The second-order valence-electron chi connectivity index (χ2n) is 9.60. The molecule has 0 bridgehead atoms. The van der Waals surface area contributed by atoms with Crippen LogP contribution in [-0.2, 0) is 28.1 Å². The summed E-state index contributed by atoms with van der Waals surface area (Å²) < 4.78 is 19.3. The second kappa shape index (κ2) is 16.1. The average molecular weight is 552 g/mol. The minimum absolute atomic E-state index is 0.0941. The number of unbranched alkanes of at least 4 members (excludes halogenated alkanes) is 5. The Kier molecular flexibility index (Phi) is 12.5. The van der Waals surface area contributed by atoms with Crippen molar-refractivity contribution >= 4 is 23.7 Å². The van der Waals surface area contributed by atoms with Crippen LogP contribution in [0.2, 0.25) is 0 Å². The van der Waals surface area contributed by atoms with Crippen molar-refractivity contribution in [1.29, 1.82) is 0 Å². The molecule has 0 fully saturated rings. The molecule has 3 rings (SSSR count). The van der Waals surface area contributed by atoms with Gasteiger partial charge in [-0.15, -0.1) is 11.8 Å². The summed E-state index contributed by atoms with van der Waals surface area (Å²) in [4.78, 5) is 23.3. The standard InChI is InChI=1S/C32H37FO5S/c1-38-32(37)25-19-20-26(28(33)21-25)22-39-30(29(34)31(35)36)27-18-12-11-17-24(27)16-10-5-3-2-4-7-13-23-14-8-6-9-15-23/h6,8-9,11-12,14-15,17-21,29-30,34H,2-5,7,10,13,16,22H2,1H3,(H,35,36)/p-1. The smallest absolute Gasteiger partial charge is 0.337 e. The summed E-state index contributed by atoms with van der Waals surface area (Å²) in [6.07, 6.45) is 6.83. The van der Waals surface area contributed by atoms with E-state index in [0.29, 0.717) is 11.1 Å². The number of hydrogen-bond donors (Lipinski definition) is 1. The normalized spacial score (nSPS) is 12.6. The van der Waals surface area contributed by atoms with Crippen LogP contribution in [0.3, 0.4) is 0 Å². The summed E-state index contributed by atoms with van der Waals surface area (Å²) in [7, 11) is 1.22. The van der Waals surface area contributed by atoms with E-state index in [4.69, 9.17) is 0 Å². The van der Waals surface area contributed by atoms with Crippen LogP contribution in [0, 0.1) is 5.82 Å². The molecular formula is C32H36FO5S-. The third-order valence-electron chi connectivity index (χ3n) is 6.79. The number of benzene rings is 3. The van der Waals surface area contributed by atoms with Gasteiger partial charge in [0.1, 0.15) is 11.9 Å². The summed E-state index contributed by atoms with van der Waals surface area (Å²) in [5, 5.41) is 21.3. The van der Waals surface area contributed by atoms with Crippen molar-refractivity contribution in [2.75, 3.05) is 7.11 Å². The number of aliphatic carboxylic acids is 1. The van der Waals surface area contributed by atoms with Crippen LogP contribution >= 0.6 is 11.8 Å². The highest BCUT2D eigenvalue weighted by atomic mass is 32.2. The minimum Gasteiger partial charge on any atom is -0.547 e. The Hall–Kier alpha value is -3.16. The van der Waals surface area contributed by atoms with Gasteiger partial charge in [0.15, 0.2) is 0 Å². The summed E-state index contributed by atoms with van der Waals surface area (Å²) >= 11 is 1.14. The highest BCUT2D eigenvalue weighted by Crippen LogP contribution is 2.37. The van der Waals surface area contributed by atoms with Crippen molar-refractivity contribution in [3.63, 3.8) is 0 Å². The molecule has 0 heterocycles. The number of ether oxygens (including phenoxy) is 1. The van der Waals surface area contributed by atoms with Crippen LogP contribution in [0.4, 0.5) is 4.39 Å². The Bertz CT molecular complexity index is 1200. The molecule has 0 aliphatic carbocycles. The Labute approximate surface area is 234 Å². The van der Waals surface area contributed by atoms with E-state index in [9.17, 15) is 24.2 Å². The van der Waals surface area contributed by atoms with Crippen molar-refractivity contribution in [2.24, 2.45) is 0 Å². The van der Waals surface area contributed by atoms with E-state index in [-0.39, 0.29) is 11.3 Å². The van der Waals surface area contributed by atoms with Gasteiger partial charge in [0, 0.05) is 5.75 Å². The number of esters is 1. The lowest BCUT2D eigenvalue weighted by molar-refractivity contribution is -0.315. The highest BCUT2D eigenvalue weighted by molar-refractivity contribution is 7.98. The van der Waals surface area contributed by atoms with Crippen molar-refractivity contribution < 1.29 is 28.9 Å². The van der Waals surface area contributed by atoms with Gasteiger partial charge < -0.3 is 19.7 Å². The molecule has 2 atom stereocenters. The van der Waals surface area contributed by atoms with Gasteiger partial charge in [0.05, 0.1) is 23.9 Å². The number of thioether (sulfide) groups is 1. The number of aliphatic hydroxyl groups is 1. The van der Waals surface area contributed by atoms with E-state index in [1.165, 1.54) is 44.1 Å². The fourth-order valence-corrected chi connectivity index (χ4v) is 5.90. The Morgan fingerprint density at radius 1 is 0.872 bits per heavy atom. The molecular weight excluding hydrogens is 515 g/mol. The molecule has 2 unspecified atom stereocenters. The SMILES string of the molecule is COC(=O)c1ccc(CSC(c2ccccc2CCCCCCCCc2ccccc2)C(O)C(=O)[O-])c(F)c1. The van der Waals surface area contributed by atoms with E-state index in [1.54, 1.807) is 0 Å². The number of carbonyl (C=O) groups is 2. The molecule has 0 aliphatic rings. The molecule has 0 saturated heterocycles. The number of hydrogen-bond acceptors (Lipinski definition) is 6. The molecule has 0 spiro atoms. The van der Waals surface area contributed by atoms with Crippen molar-refractivity contribution in [3.8, 4) is 0 Å². The van der Waals surface area contributed by atoms with Gasteiger partial charge in [0.2, 0.25) is 0 Å². The molecule has 0 saturated carbocycles. The number of rotatable bonds is 16. The van der Waals surface area contributed by atoms with Crippen molar-refractivity contribution in [3.05, 3.63) is 106 Å². The third kappa shape index (κ3) is 9.52. The summed E-state index contributed by atoms with van der Waals surface area (Å²) in [6, 6.07) is 22.0. The molecule has 3 aromatic carbocycles. The molecule has 0 aliphatic heterocycles. The minimum atomic E-state index is -1.75. The largest absolute Gasteiger partial charge is 0.547 e. The predicted octanol–water partition coefficient (Wildman–Crippen LogP) is 5.82. The molecule has 0 amide bonds. The molecule has 0 radical (unpaired) electrons. The topological polar surface area (TPSA) is 86.7 Å². The summed E-state index contributed by atoms with van der Waals surface area (Å²) in [5.41, 5.74) is 3.46. The quantitative estimate of drug-likeness (QED) is 0.178. The molecule has 3 aromatic rings. The van der Waals surface area contributed by atoms with Crippen LogP contribution in [-0.4, -0.2) is 30.3 Å². The number of carbonyl (C=O) groups excluding carboxylic acids is 2. The van der Waals surface area contributed by atoms with Crippen molar-refractivity contribution in [1.82, 2.24) is 0 Å². The number of carboxylic acids is 1. The molecule has 1 N–H and O–H groups in total. The Morgan fingerprint density at radius 2 is 1.51 bits per heavy atom. The first kappa shape index (κ1) is 30.4. The van der Waals surface area contributed by atoms with E-state index >= 15 is 0 Å². The lowest BCUT2D eigenvalue weighted by Crippen LogP contribution is -2.39. The molecule has 0 aromatic heterocycles. The maximum absolute atomic E-state index is 14.6. The van der Waals surface area contributed by atoms with Crippen molar-refractivity contribution in [2.45, 2.75) is 68.5 Å². The second-order valence-corrected chi connectivity index (χ2v) is 10.7. The maximum atomic E-state index is 14.6.